The van der Waals surface area contributed by atoms with E-state index in [9.17, 15) is 9.59 Å². The number of nitrogens with one attached hydrogen (secondary N) is 1. The number of rotatable bonds is 12. The maximum Gasteiger partial charge on any atom is 0.330 e. The van der Waals surface area contributed by atoms with Gasteiger partial charge in [0.25, 0.3) is 0 Å². The molecule has 1 heterocycles. The molecule has 0 unspecified atom stereocenters. The Labute approximate surface area is 190 Å². The van der Waals surface area contributed by atoms with Gasteiger partial charge in [-0.1, -0.05) is 50.3 Å². The lowest BCUT2D eigenvalue weighted by Crippen LogP contribution is -2.43. The topological polar surface area (TPSA) is 82.5 Å². The summed E-state index contributed by atoms with van der Waals surface area (Å²) in [6.07, 6.45) is 12.0. The first kappa shape index (κ1) is 25.1. The Balaban J connectivity index is 1.69. The first-order chi connectivity index (χ1) is 15.3. The highest BCUT2D eigenvalue weighted by atomic mass is 16.5. The first-order valence-electron chi connectivity index (χ1n) is 10.8. The molecule has 0 spiro atoms. The summed E-state index contributed by atoms with van der Waals surface area (Å²) in [7, 11) is 0. The van der Waals surface area contributed by atoms with E-state index in [0.29, 0.717) is 6.54 Å². The van der Waals surface area contributed by atoms with Crippen LogP contribution >= 0.6 is 0 Å². The highest BCUT2D eigenvalue weighted by molar-refractivity contribution is 5.82. The fourth-order valence-electron chi connectivity index (χ4n) is 2.93. The molecule has 0 fully saturated rings. The van der Waals surface area contributed by atoms with Gasteiger partial charge in [0, 0.05) is 31.6 Å². The van der Waals surface area contributed by atoms with Crippen LogP contribution in [0, 0.1) is 5.92 Å². The van der Waals surface area contributed by atoms with Crippen molar-refractivity contribution in [3.05, 3.63) is 72.3 Å². The summed E-state index contributed by atoms with van der Waals surface area (Å²) in [5, 5.41) is 3.10. The molecule has 1 N–H and O–H groups in total. The number of carbonyl (C=O) groups excluding carboxylic acids is 2. The van der Waals surface area contributed by atoms with Crippen LogP contribution in [0.2, 0.25) is 0 Å². The van der Waals surface area contributed by atoms with Gasteiger partial charge >= 0.3 is 11.9 Å². The number of ether oxygens (including phenoxy) is 2. The highest BCUT2D eigenvalue weighted by Gasteiger charge is 2.23. The Morgan fingerprint density at radius 1 is 1.12 bits per heavy atom. The molecule has 7 nitrogen and oxygen atoms in total. The zero-order valence-corrected chi connectivity index (χ0v) is 19.2. The molecule has 172 valence electrons. The molecule has 1 aromatic heterocycles. The molecule has 2 aromatic rings. The summed E-state index contributed by atoms with van der Waals surface area (Å²) in [6, 6.07) is 7.73. The van der Waals surface area contributed by atoms with Crippen molar-refractivity contribution in [3.8, 4) is 0 Å². The normalized spacial score (nSPS) is 12.7. The van der Waals surface area contributed by atoms with Gasteiger partial charge in [0.2, 0.25) is 0 Å². The summed E-state index contributed by atoms with van der Waals surface area (Å²) in [4.78, 5) is 28.0. The largest absolute Gasteiger partial charge is 0.462 e. The van der Waals surface area contributed by atoms with Crippen LogP contribution in [0.4, 0.5) is 0 Å². The maximum absolute atomic E-state index is 12.1. The predicted octanol–water partition coefficient (Wildman–Crippen LogP) is 3.61. The molecular weight excluding hydrogens is 406 g/mol. The molecule has 7 heteroatoms. The van der Waals surface area contributed by atoms with Gasteiger partial charge in [-0.2, -0.15) is 0 Å². The zero-order valence-electron chi connectivity index (χ0n) is 19.2. The summed E-state index contributed by atoms with van der Waals surface area (Å²) in [5.41, 5.74) is 2.21. The molecule has 0 bridgehead atoms. The van der Waals surface area contributed by atoms with Crippen LogP contribution in [-0.2, 0) is 25.6 Å². The number of esters is 2. The minimum absolute atomic E-state index is 0.0757. The minimum Gasteiger partial charge on any atom is -0.462 e. The third kappa shape index (κ3) is 9.31. The van der Waals surface area contributed by atoms with E-state index in [-0.39, 0.29) is 24.6 Å². The van der Waals surface area contributed by atoms with Gasteiger partial charge in [-0.3, -0.25) is 4.79 Å². The standard InChI is InChI=1S/C25H33N3O4/c1-19(2)24(25(30)32-20(3)4)27-13-5-8-23(29)31-16-6-7-21-9-11-22(12-10-21)17-28-15-14-26-18-28/h5-12,14-15,18-20,24,27H,13,16-17H2,1-4H3/t24-/m0/s1. The fourth-order valence-corrected chi connectivity index (χ4v) is 2.93. The van der Waals surface area contributed by atoms with E-state index in [0.717, 1.165) is 12.1 Å². The van der Waals surface area contributed by atoms with Crippen molar-refractivity contribution in [2.75, 3.05) is 13.2 Å². The second-order valence-electron chi connectivity index (χ2n) is 8.03. The van der Waals surface area contributed by atoms with Crippen LogP contribution in [0.1, 0.15) is 38.8 Å². The number of hydrogen-bond donors (Lipinski definition) is 1. The average molecular weight is 440 g/mol. The molecule has 32 heavy (non-hydrogen) atoms. The number of aromatic nitrogens is 2. The molecule has 0 radical (unpaired) electrons. The molecule has 0 saturated carbocycles. The van der Waals surface area contributed by atoms with Crippen LogP contribution in [0.3, 0.4) is 0 Å². The van der Waals surface area contributed by atoms with E-state index < -0.39 is 12.0 Å². The third-order valence-electron chi connectivity index (χ3n) is 4.52. The summed E-state index contributed by atoms with van der Waals surface area (Å²) in [5.74, 6) is -0.643. The number of benzene rings is 1. The van der Waals surface area contributed by atoms with E-state index in [1.54, 1.807) is 24.7 Å². The molecule has 1 atom stereocenters. The van der Waals surface area contributed by atoms with E-state index in [2.05, 4.69) is 22.4 Å². The van der Waals surface area contributed by atoms with Gasteiger partial charge in [-0.25, -0.2) is 9.78 Å². The van der Waals surface area contributed by atoms with Crippen LogP contribution < -0.4 is 5.32 Å². The summed E-state index contributed by atoms with van der Waals surface area (Å²) < 4.78 is 12.4. The van der Waals surface area contributed by atoms with Crippen molar-refractivity contribution in [2.45, 2.75) is 46.4 Å². The predicted molar refractivity (Wildman–Crippen MR) is 125 cm³/mol. The molecule has 1 aromatic carbocycles. The van der Waals surface area contributed by atoms with Crippen molar-refractivity contribution in [1.82, 2.24) is 14.9 Å². The van der Waals surface area contributed by atoms with Crippen molar-refractivity contribution >= 4 is 18.0 Å². The molecule has 0 saturated heterocycles. The second kappa shape index (κ2) is 13.3. The van der Waals surface area contributed by atoms with Gasteiger partial charge < -0.3 is 19.4 Å². The van der Waals surface area contributed by atoms with Gasteiger partial charge in [0.1, 0.15) is 12.6 Å². The van der Waals surface area contributed by atoms with Crippen molar-refractivity contribution in [1.29, 1.82) is 0 Å². The Bertz CT molecular complexity index is 884. The number of hydrogen-bond acceptors (Lipinski definition) is 6. The Morgan fingerprint density at radius 3 is 2.50 bits per heavy atom. The molecular formula is C25H33N3O4. The molecule has 0 aliphatic rings. The average Bonchev–Trinajstić information content (AvgIpc) is 3.24. The van der Waals surface area contributed by atoms with E-state index >= 15 is 0 Å². The number of carbonyl (C=O) groups is 2. The fraction of sp³-hybridized carbons (Fsp3) is 0.400. The van der Waals surface area contributed by atoms with Gasteiger partial charge in [0.05, 0.1) is 12.4 Å². The smallest absolute Gasteiger partial charge is 0.330 e. The van der Waals surface area contributed by atoms with Gasteiger partial charge in [-0.05, 0) is 37.0 Å². The SMILES string of the molecule is CC(C)OC(=O)[C@@H](NCC=CC(=O)OCC=Cc1ccc(Cn2ccnc2)cc1)C(C)C. The van der Waals surface area contributed by atoms with Crippen LogP contribution in [0.15, 0.2) is 61.2 Å². The maximum atomic E-state index is 12.1. The van der Waals surface area contributed by atoms with E-state index in [1.165, 1.54) is 11.6 Å². The lowest BCUT2D eigenvalue weighted by atomic mass is 10.0. The minimum atomic E-state index is -0.432. The Hall–Kier alpha value is -3.19. The lowest BCUT2D eigenvalue weighted by Gasteiger charge is -2.21. The number of nitrogens with zero attached hydrogens (tertiary/aromatic N) is 2. The summed E-state index contributed by atoms with van der Waals surface area (Å²) >= 11 is 0. The van der Waals surface area contributed by atoms with E-state index in [1.807, 2.05) is 56.7 Å². The van der Waals surface area contributed by atoms with Gasteiger partial charge in [-0.15, -0.1) is 0 Å². The Morgan fingerprint density at radius 2 is 1.88 bits per heavy atom. The van der Waals surface area contributed by atoms with E-state index in [4.69, 9.17) is 9.47 Å². The second-order valence-corrected chi connectivity index (χ2v) is 8.03. The lowest BCUT2D eigenvalue weighted by molar-refractivity contribution is -0.151. The van der Waals surface area contributed by atoms with Crippen LogP contribution in [0.25, 0.3) is 6.08 Å². The quantitative estimate of drug-likeness (QED) is 0.402. The monoisotopic (exact) mass is 439 g/mol. The van der Waals surface area contributed by atoms with Gasteiger partial charge in [0.15, 0.2) is 0 Å². The summed E-state index contributed by atoms with van der Waals surface area (Å²) in [6.45, 7) is 8.85. The van der Waals surface area contributed by atoms with Crippen molar-refractivity contribution in [2.24, 2.45) is 5.92 Å². The first-order valence-corrected chi connectivity index (χ1v) is 10.8. The number of imidazole rings is 1. The zero-order chi connectivity index (χ0) is 23.3. The molecule has 0 aliphatic heterocycles. The van der Waals surface area contributed by atoms with Crippen molar-refractivity contribution in [3.63, 3.8) is 0 Å². The van der Waals surface area contributed by atoms with Crippen LogP contribution in [-0.4, -0.2) is 46.8 Å². The molecule has 0 amide bonds. The molecule has 2 rings (SSSR count). The third-order valence-corrected chi connectivity index (χ3v) is 4.52. The van der Waals surface area contributed by atoms with Crippen molar-refractivity contribution < 1.29 is 19.1 Å². The Kier molecular flexibility index (Phi) is 10.4. The molecule has 0 aliphatic carbocycles. The van der Waals surface area contributed by atoms with Crippen LogP contribution in [0.5, 0.6) is 0 Å². The highest BCUT2D eigenvalue weighted by Crippen LogP contribution is 2.08.